The molecular weight excluding hydrogens is 371 g/mol. The molecule has 1 aromatic carbocycles. The van der Waals surface area contributed by atoms with E-state index < -0.39 is 12.6 Å². The van der Waals surface area contributed by atoms with E-state index in [0.717, 1.165) is 19.5 Å². The molecule has 1 amide bonds. The summed E-state index contributed by atoms with van der Waals surface area (Å²) in [5, 5.41) is 7.69. The van der Waals surface area contributed by atoms with Gasteiger partial charge in [-0.2, -0.15) is 13.2 Å². The maximum atomic E-state index is 12.6. The molecule has 1 atom stereocenters. The van der Waals surface area contributed by atoms with Crippen LogP contribution in [0.15, 0.2) is 30.3 Å². The summed E-state index contributed by atoms with van der Waals surface area (Å²) in [6, 6.07) is 9.26. The summed E-state index contributed by atoms with van der Waals surface area (Å²) in [6.45, 7) is 3.87. The van der Waals surface area contributed by atoms with Crippen molar-refractivity contribution in [2.75, 3.05) is 26.2 Å². The first-order valence-corrected chi connectivity index (χ1v) is 9.43. The van der Waals surface area contributed by atoms with E-state index >= 15 is 0 Å². The molecule has 1 aromatic heterocycles. The second-order valence-electron chi connectivity index (χ2n) is 7.48. The first-order valence-electron chi connectivity index (χ1n) is 9.43. The lowest BCUT2D eigenvalue weighted by atomic mass is 10.1. The molecule has 2 aliphatic heterocycles. The number of fused-ring (bicyclic) bond motifs is 1. The first kappa shape index (κ1) is 18.9. The van der Waals surface area contributed by atoms with E-state index in [9.17, 15) is 18.0 Å². The van der Waals surface area contributed by atoms with Crippen molar-refractivity contribution < 1.29 is 18.0 Å². The van der Waals surface area contributed by atoms with Crippen LogP contribution >= 0.6 is 0 Å². The fourth-order valence-corrected chi connectivity index (χ4v) is 4.03. The molecule has 28 heavy (non-hydrogen) atoms. The number of benzene rings is 1. The third kappa shape index (κ3) is 4.19. The van der Waals surface area contributed by atoms with E-state index in [1.165, 1.54) is 0 Å². The number of hydrogen-bond donors (Lipinski definition) is 0. The third-order valence-electron chi connectivity index (χ3n) is 5.38. The minimum Gasteiger partial charge on any atom is -0.338 e. The monoisotopic (exact) mass is 393 g/mol. The SMILES string of the molecule is O=C(c1ccccc1)N1CCC(CN2CCn3c(nnc3CC(F)(F)F)C2)C1. The van der Waals surface area contributed by atoms with Gasteiger partial charge in [0.1, 0.15) is 18.1 Å². The minimum absolute atomic E-state index is 0.0114. The Kier molecular flexibility index (Phi) is 5.09. The number of hydrogen-bond acceptors (Lipinski definition) is 4. The van der Waals surface area contributed by atoms with Crippen molar-refractivity contribution in [2.24, 2.45) is 5.92 Å². The van der Waals surface area contributed by atoms with Gasteiger partial charge < -0.3 is 9.47 Å². The smallest absolute Gasteiger partial charge is 0.338 e. The molecule has 150 valence electrons. The fraction of sp³-hybridized carbons (Fsp3) is 0.526. The number of aromatic nitrogens is 3. The third-order valence-corrected chi connectivity index (χ3v) is 5.38. The van der Waals surface area contributed by atoms with Crippen molar-refractivity contribution in [2.45, 2.75) is 32.1 Å². The van der Waals surface area contributed by atoms with Gasteiger partial charge in [0.25, 0.3) is 5.91 Å². The second kappa shape index (κ2) is 7.54. The van der Waals surface area contributed by atoms with Crippen LogP contribution in [0.1, 0.15) is 28.4 Å². The Hall–Kier alpha value is -2.42. The zero-order valence-electron chi connectivity index (χ0n) is 15.4. The lowest BCUT2D eigenvalue weighted by Crippen LogP contribution is -2.38. The molecule has 4 rings (SSSR count). The number of carbonyl (C=O) groups excluding carboxylic acids is 1. The maximum Gasteiger partial charge on any atom is 0.396 e. The summed E-state index contributed by atoms with van der Waals surface area (Å²) >= 11 is 0. The molecule has 6 nitrogen and oxygen atoms in total. The molecule has 0 aliphatic carbocycles. The number of likely N-dealkylation sites (tertiary alicyclic amines) is 1. The highest BCUT2D eigenvalue weighted by molar-refractivity contribution is 5.94. The van der Waals surface area contributed by atoms with Crippen LogP contribution < -0.4 is 0 Å². The van der Waals surface area contributed by atoms with Gasteiger partial charge in [0.2, 0.25) is 0 Å². The average Bonchev–Trinajstić information content (AvgIpc) is 3.28. The summed E-state index contributed by atoms with van der Waals surface area (Å²) in [6.07, 6.45) is -4.39. The Labute approximate surface area is 160 Å². The molecule has 0 radical (unpaired) electrons. The van der Waals surface area contributed by atoms with Crippen LogP contribution in [0.5, 0.6) is 0 Å². The normalized spacial score (nSPS) is 20.4. The Morgan fingerprint density at radius 3 is 2.64 bits per heavy atom. The van der Waals surface area contributed by atoms with Crippen LogP contribution in [0.25, 0.3) is 0 Å². The molecule has 0 saturated carbocycles. The van der Waals surface area contributed by atoms with Crippen molar-refractivity contribution in [3.8, 4) is 0 Å². The van der Waals surface area contributed by atoms with Gasteiger partial charge in [-0.05, 0) is 24.5 Å². The zero-order chi connectivity index (χ0) is 19.7. The summed E-state index contributed by atoms with van der Waals surface area (Å²) in [5.41, 5.74) is 0.700. The lowest BCUT2D eigenvalue weighted by molar-refractivity contribution is -0.129. The largest absolute Gasteiger partial charge is 0.396 e. The molecule has 1 fully saturated rings. The highest BCUT2D eigenvalue weighted by Crippen LogP contribution is 2.24. The van der Waals surface area contributed by atoms with E-state index in [4.69, 9.17) is 0 Å². The molecule has 9 heteroatoms. The maximum absolute atomic E-state index is 12.6. The number of amides is 1. The van der Waals surface area contributed by atoms with Crippen LogP contribution in [0, 0.1) is 5.92 Å². The molecule has 2 aliphatic rings. The number of alkyl halides is 3. The van der Waals surface area contributed by atoms with Crippen LogP contribution in [0.3, 0.4) is 0 Å². The average molecular weight is 393 g/mol. The van der Waals surface area contributed by atoms with Gasteiger partial charge in [0, 0.05) is 38.3 Å². The van der Waals surface area contributed by atoms with Crippen LogP contribution in [-0.2, 0) is 19.5 Å². The van der Waals surface area contributed by atoms with E-state index in [2.05, 4.69) is 15.1 Å². The molecule has 0 bridgehead atoms. The Bertz CT molecular complexity index is 836. The number of nitrogens with zero attached hydrogens (tertiary/aromatic N) is 5. The molecule has 0 spiro atoms. The van der Waals surface area contributed by atoms with Crippen molar-refractivity contribution in [1.82, 2.24) is 24.6 Å². The number of rotatable bonds is 4. The van der Waals surface area contributed by atoms with E-state index in [1.54, 1.807) is 4.57 Å². The first-order chi connectivity index (χ1) is 13.4. The summed E-state index contributed by atoms with van der Waals surface area (Å²) < 4.78 is 39.5. The molecule has 0 N–H and O–H groups in total. The molecule has 2 aromatic rings. The summed E-state index contributed by atoms with van der Waals surface area (Å²) in [4.78, 5) is 16.6. The summed E-state index contributed by atoms with van der Waals surface area (Å²) in [5.74, 6) is 0.985. The van der Waals surface area contributed by atoms with Crippen molar-refractivity contribution in [3.05, 3.63) is 47.5 Å². The minimum atomic E-state index is -4.28. The standard InChI is InChI=1S/C19H22F3N5O/c20-19(21,22)10-16-23-24-17-13-25(8-9-27(16)17)11-14-6-7-26(12-14)18(28)15-4-2-1-3-5-15/h1-5,14H,6-13H2. The van der Waals surface area contributed by atoms with Crippen LogP contribution in [0.2, 0.25) is 0 Å². The van der Waals surface area contributed by atoms with Crippen molar-refractivity contribution in [1.29, 1.82) is 0 Å². The van der Waals surface area contributed by atoms with Gasteiger partial charge in [-0.1, -0.05) is 18.2 Å². The zero-order valence-corrected chi connectivity index (χ0v) is 15.4. The van der Waals surface area contributed by atoms with Crippen LogP contribution in [-0.4, -0.2) is 62.8 Å². The quantitative estimate of drug-likeness (QED) is 0.800. The van der Waals surface area contributed by atoms with Gasteiger partial charge in [0.15, 0.2) is 0 Å². The molecule has 1 saturated heterocycles. The molecule has 1 unspecified atom stereocenters. The number of halogens is 3. The predicted molar refractivity (Wildman–Crippen MR) is 95.5 cm³/mol. The van der Waals surface area contributed by atoms with E-state index in [0.29, 0.717) is 43.5 Å². The highest BCUT2D eigenvalue weighted by Gasteiger charge is 2.33. The second-order valence-corrected chi connectivity index (χ2v) is 7.48. The molecule has 3 heterocycles. The fourth-order valence-electron chi connectivity index (χ4n) is 4.03. The van der Waals surface area contributed by atoms with E-state index in [-0.39, 0.29) is 11.7 Å². The predicted octanol–water partition coefficient (Wildman–Crippen LogP) is 2.36. The van der Waals surface area contributed by atoms with Gasteiger partial charge in [0.05, 0.1) is 6.54 Å². The molecular formula is C19H22F3N5O. The van der Waals surface area contributed by atoms with Gasteiger partial charge in [-0.15, -0.1) is 10.2 Å². The number of carbonyl (C=O) groups is 1. The van der Waals surface area contributed by atoms with Crippen molar-refractivity contribution >= 4 is 5.91 Å². The van der Waals surface area contributed by atoms with E-state index in [1.807, 2.05) is 35.2 Å². The Balaban J connectivity index is 1.32. The Morgan fingerprint density at radius 2 is 1.89 bits per heavy atom. The van der Waals surface area contributed by atoms with Crippen molar-refractivity contribution in [3.63, 3.8) is 0 Å². The van der Waals surface area contributed by atoms with Gasteiger partial charge in [-0.25, -0.2) is 0 Å². The van der Waals surface area contributed by atoms with Gasteiger partial charge in [-0.3, -0.25) is 9.69 Å². The lowest BCUT2D eigenvalue weighted by Gasteiger charge is -2.30. The van der Waals surface area contributed by atoms with Crippen LogP contribution in [0.4, 0.5) is 13.2 Å². The highest BCUT2D eigenvalue weighted by atomic mass is 19.4. The topological polar surface area (TPSA) is 54.3 Å². The van der Waals surface area contributed by atoms with Gasteiger partial charge >= 0.3 is 6.18 Å². The summed E-state index contributed by atoms with van der Waals surface area (Å²) in [7, 11) is 0. The Morgan fingerprint density at radius 1 is 1.11 bits per heavy atom.